The number of halogens is 2. The molecular formula is C16H24BrClN3O2-. The molecule has 1 aromatic carbocycles. The van der Waals surface area contributed by atoms with Gasteiger partial charge in [-0.15, -0.1) is 0 Å². The Bertz CT molecular complexity index is 508. The molecule has 0 aliphatic carbocycles. The van der Waals surface area contributed by atoms with Crippen LogP contribution in [0.15, 0.2) is 22.7 Å². The van der Waals surface area contributed by atoms with E-state index in [4.69, 9.17) is 5.11 Å². The molecule has 1 saturated heterocycles. The summed E-state index contributed by atoms with van der Waals surface area (Å²) in [5.41, 5.74) is 1.98. The fourth-order valence-electron chi connectivity index (χ4n) is 2.53. The van der Waals surface area contributed by atoms with Gasteiger partial charge in [0.2, 0.25) is 5.91 Å². The molecule has 0 bridgehead atoms. The lowest BCUT2D eigenvalue weighted by atomic mass is 10.2. The maximum Gasteiger partial charge on any atom is 0.225 e. The molecule has 130 valence electrons. The molecule has 1 heterocycles. The number of hydrogen-bond acceptors (Lipinski definition) is 4. The van der Waals surface area contributed by atoms with E-state index >= 15 is 0 Å². The summed E-state index contributed by atoms with van der Waals surface area (Å²) >= 11 is 3.47. The summed E-state index contributed by atoms with van der Waals surface area (Å²) in [4.78, 5) is 16.6. The lowest BCUT2D eigenvalue weighted by molar-refractivity contribution is -0.116. The number of aliphatic hydroxyl groups excluding tert-OH is 1. The number of aliphatic hydroxyl groups is 1. The monoisotopic (exact) mass is 404 g/mol. The van der Waals surface area contributed by atoms with Crippen LogP contribution in [-0.2, 0) is 4.79 Å². The predicted octanol–water partition coefficient (Wildman–Crippen LogP) is -1.30. The van der Waals surface area contributed by atoms with E-state index in [1.807, 2.05) is 25.1 Å². The third-order valence-corrected chi connectivity index (χ3v) is 4.85. The van der Waals surface area contributed by atoms with E-state index in [1.165, 1.54) is 0 Å². The second-order valence-corrected chi connectivity index (χ2v) is 6.52. The zero-order valence-electron chi connectivity index (χ0n) is 13.4. The molecule has 0 saturated carbocycles. The second kappa shape index (κ2) is 10.3. The van der Waals surface area contributed by atoms with Crippen molar-refractivity contribution in [2.45, 2.75) is 13.3 Å². The average Bonchev–Trinajstić information content (AvgIpc) is 2.51. The van der Waals surface area contributed by atoms with Gasteiger partial charge in [0.1, 0.15) is 0 Å². The van der Waals surface area contributed by atoms with E-state index in [0.717, 1.165) is 55.0 Å². The van der Waals surface area contributed by atoms with Crippen LogP contribution in [0.25, 0.3) is 0 Å². The number of anilines is 1. The van der Waals surface area contributed by atoms with Crippen molar-refractivity contribution in [3.8, 4) is 0 Å². The number of nitrogens with zero attached hydrogens (tertiary/aromatic N) is 2. The molecule has 1 aliphatic heterocycles. The molecular weight excluding hydrogens is 382 g/mol. The molecule has 0 spiro atoms. The van der Waals surface area contributed by atoms with Crippen LogP contribution in [0.2, 0.25) is 0 Å². The first-order chi connectivity index (χ1) is 10.6. The lowest BCUT2D eigenvalue weighted by Gasteiger charge is -2.34. The molecule has 1 aromatic rings. The van der Waals surface area contributed by atoms with Crippen LogP contribution in [0.5, 0.6) is 0 Å². The van der Waals surface area contributed by atoms with Gasteiger partial charge in [-0.25, -0.2) is 0 Å². The number of nitrogens with one attached hydrogen (secondary N) is 1. The van der Waals surface area contributed by atoms with Gasteiger partial charge in [-0.05, 0) is 24.6 Å². The van der Waals surface area contributed by atoms with Gasteiger partial charge in [-0.2, -0.15) is 0 Å². The lowest BCUT2D eigenvalue weighted by Crippen LogP contribution is -3.00. The fourth-order valence-corrected chi connectivity index (χ4v) is 2.91. The van der Waals surface area contributed by atoms with E-state index in [0.29, 0.717) is 6.42 Å². The fraction of sp³-hybridized carbons (Fsp3) is 0.562. The summed E-state index contributed by atoms with van der Waals surface area (Å²) in [6, 6.07) is 5.84. The molecule has 7 heteroatoms. The quantitative estimate of drug-likeness (QED) is 0.618. The summed E-state index contributed by atoms with van der Waals surface area (Å²) in [6.45, 7) is 7.62. The number of amides is 1. The Morgan fingerprint density at radius 3 is 2.39 bits per heavy atom. The smallest absolute Gasteiger partial charge is 0.225 e. The van der Waals surface area contributed by atoms with Gasteiger partial charge in [-0.3, -0.25) is 9.69 Å². The van der Waals surface area contributed by atoms with Crippen LogP contribution in [0.4, 0.5) is 5.69 Å². The third-order valence-electron chi connectivity index (χ3n) is 3.99. The minimum atomic E-state index is 0. The number of rotatable bonds is 6. The molecule has 1 fully saturated rings. The van der Waals surface area contributed by atoms with Gasteiger partial charge in [0.05, 0.1) is 6.61 Å². The zero-order valence-corrected chi connectivity index (χ0v) is 15.7. The number of aryl methyl sites for hydroxylation is 1. The van der Waals surface area contributed by atoms with Gasteiger partial charge >= 0.3 is 0 Å². The largest absolute Gasteiger partial charge is 1.00 e. The van der Waals surface area contributed by atoms with Gasteiger partial charge in [-0.1, -0.05) is 22.0 Å². The van der Waals surface area contributed by atoms with Gasteiger partial charge in [0, 0.05) is 55.8 Å². The molecule has 1 amide bonds. The number of β-amino-alcohol motifs (C(OH)–C–C–N with tert-alkyl or cyclic N) is 1. The Labute approximate surface area is 152 Å². The molecule has 2 rings (SSSR count). The number of benzene rings is 1. The van der Waals surface area contributed by atoms with Crippen molar-refractivity contribution in [2.75, 3.05) is 51.2 Å². The van der Waals surface area contributed by atoms with Crippen molar-refractivity contribution in [2.24, 2.45) is 0 Å². The van der Waals surface area contributed by atoms with Gasteiger partial charge in [0.25, 0.3) is 0 Å². The van der Waals surface area contributed by atoms with E-state index < -0.39 is 0 Å². The van der Waals surface area contributed by atoms with Crippen LogP contribution < -0.4 is 17.7 Å². The molecule has 5 nitrogen and oxygen atoms in total. The minimum Gasteiger partial charge on any atom is -1.00 e. The standard InChI is InChI=1S/C16H24BrN3O2.ClH/c1-13-2-3-14(12-15(13)17)18-16(22)4-5-19-6-8-20(9-7-19)10-11-21;/h2-3,12,21H,4-11H2,1H3,(H,18,22);1H/p-1. The normalized spacial score (nSPS) is 16.0. The summed E-state index contributed by atoms with van der Waals surface area (Å²) in [5, 5.41) is 11.9. The Balaban J connectivity index is 0.00000264. The highest BCUT2D eigenvalue weighted by Crippen LogP contribution is 2.20. The Hall–Kier alpha value is -0.660. The van der Waals surface area contributed by atoms with Crippen LogP contribution >= 0.6 is 15.9 Å². The molecule has 23 heavy (non-hydrogen) atoms. The molecule has 1 aliphatic rings. The first kappa shape index (κ1) is 20.4. The van der Waals surface area contributed by atoms with E-state index in [9.17, 15) is 4.79 Å². The molecule has 0 radical (unpaired) electrons. The van der Waals surface area contributed by atoms with Crippen molar-refractivity contribution in [3.63, 3.8) is 0 Å². The zero-order chi connectivity index (χ0) is 15.9. The maximum absolute atomic E-state index is 12.0. The number of hydrogen-bond donors (Lipinski definition) is 2. The highest BCUT2D eigenvalue weighted by molar-refractivity contribution is 9.10. The van der Waals surface area contributed by atoms with Crippen molar-refractivity contribution in [3.05, 3.63) is 28.2 Å². The topological polar surface area (TPSA) is 55.8 Å². The molecule has 0 unspecified atom stereocenters. The first-order valence-electron chi connectivity index (χ1n) is 7.70. The average molecular weight is 406 g/mol. The van der Waals surface area contributed by atoms with Crippen LogP contribution in [-0.4, -0.2) is 66.7 Å². The molecule has 2 N–H and O–H groups in total. The predicted molar refractivity (Wildman–Crippen MR) is 92.1 cm³/mol. The first-order valence-corrected chi connectivity index (χ1v) is 8.49. The molecule has 0 atom stereocenters. The van der Waals surface area contributed by atoms with Crippen molar-refractivity contribution < 1.29 is 22.3 Å². The highest BCUT2D eigenvalue weighted by Gasteiger charge is 2.16. The van der Waals surface area contributed by atoms with E-state index in [1.54, 1.807) is 0 Å². The Morgan fingerprint density at radius 1 is 1.22 bits per heavy atom. The number of carbonyl (C=O) groups excluding carboxylic acids is 1. The van der Waals surface area contributed by atoms with Crippen molar-refractivity contribution in [1.82, 2.24) is 9.80 Å². The van der Waals surface area contributed by atoms with Crippen molar-refractivity contribution in [1.29, 1.82) is 0 Å². The Morgan fingerprint density at radius 2 is 1.83 bits per heavy atom. The molecule has 0 aromatic heterocycles. The van der Waals surface area contributed by atoms with Gasteiger partial charge < -0.3 is 27.7 Å². The Kier molecular flexibility index (Phi) is 9.09. The summed E-state index contributed by atoms with van der Waals surface area (Å²) in [7, 11) is 0. The number of piperazine rings is 1. The minimum absolute atomic E-state index is 0. The van der Waals surface area contributed by atoms with Gasteiger partial charge in [0.15, 0.2) is 0 Å². The summed E-state index contributed by atoms with van der Waals surface area (Å²) in [5.74, 6) is 0.0496. The third kappa shape index (κ3) is 6.77. The summed E-state index contributed by atoms with van der Waals surface area (Å²) in [6.07, 6.45) is 0.505. The summed E-state index contributed by atoms with van der Waals surface area (Å²) < 4.78 is 1.00. The maximum atomic E-state index is 12.0. The van der Waals surface area contributed by atoms with Crippen LogP contribution in [0.3, 0.4) is 0 Å². The number of carbonyl (C=O) groups is 1. The van der Waals surface area contributed by atoms with E-state index in [2.05, 4.69) is 31.0 Å². The van der Waals surface area contributed by atoms with Crippen molar-refractivity contribution >= 4 is 27.5 Å². The SMILES string of the molecule is Cc1ccc(NC(=O)CCN2CCN(CCO)CC2)cc1Br.[Cl-]. The van der Waals surface area contributed by atoms with E-state index in [-0.39, 0.29) is 24.9 Å². The highest BCUT2D eigenvalue weighted by atomic mass is 79.9. The second-order valence-electron chi connectivity index (χ2n) is 5.67. The van der Waals surface area contributed by atoms with Crippen LogP contribution in [0, 0.1) is 6.92 Å². The van der Waals surface area contributed by atoms with Crippen LogP contribution in [0.1, 0.15) is 12.0 Å².